The van der Waals surface area contributed by atoms with E-state index in [-0.39, 0.29) is 0 Å². The highest BCUT2D eigenvalue weighted by Gasteiger charge is 2.31. The first kappa shape index (κ1) is 15.8. The summed E-state index contributed by atoms with van der Waals surface area (Å²) in [6.45, 7) is 2.22. The number of rotatable bonds is 2. The molecule has 3 heterocycles. The first-order valence-corrected chi connectivity index (χ1v) is 9.14. The molecule has 0 fully saturated rings. The lowest BCUT2D eigenvalue weighted by Crippen LogP contribution is -2.39. The first-order chi connectivity index (χ1) is 12.7. The molecule has 0 N–H and O–H groups in total. The third-order valence-corrected chi connectivity index (χ3v) is 5.87. The maximum Gasteiger partial charge on any atom is 0.231 e. The van der Waals surface area contributed by atoms with Gasteiger partial charge in [-0.2, -0.15) is 0 Å². The Morgan fingerprint density at radius 2 is 1.46 bits per heavy atom. The van der Waals surface area contributed by atoms with Crippen molar-refractivity contribution in [2.45, 2.75) is 38.4 Å². The van der Waals surface area contributed by atoms with E-state index in [1.165, 1.54) is 22.3 Å². The average Bonchev–Trinajstić information content (AvgIpc) is 3.04. The summed E-state index contributed by atoms with van der Waals surface area (Å²) in [4.78, 5) is 2.59. The molecule has 26 heavy (non-hydrogen) atoms. The highest BCUT2D eigenvalue weighted by atomic mass is 16.7. The fourth-order valence-corrected chi connectivity index (χ4v) is 4.45. The van der Waals surface area contributed by atoms with Crippen molar-refractivity contribution < 1.29 is 18.9 Å². The Bertz CT molecular complexity index is 864. The second kappa shape index (κ2) is 6.09. The number of nitrogens with zero attached hydrogens (tertiary/aromatic N) is 1. The third-order valence-electron chi connectivity index (χ3n) is 5.87. The monoisotopic (exact) mass is 353 g/mol. The Morgan fingerprint density at radius 1 is 0.846 bits per heavy atom. The van der Waals surface area contributed by atoms with Crippen LogP contribution in [0.5, 0.6) is 23.0 Å². The zero-order chi connectivity index (χ0) is 17.7. The summed E-state index contributed by atoms with van der Waals surface area (Å²) in [6, 6.07) is 9.18. The van der Waals surface area contributed by atoms with E-state index in [4.69, 9.17) is 18.9 Å². The Balaban J connectivity index is 1.48. The Labute approximate surface area is 153 Å². The molecule has 0 amide bonds. The molecule has 5 nitrogen and oxygen atoms in total. The van der Waals surface area contributed by atoms with Crippen LogP contribution in [0.15, 0.2) is 24.3 Å². The topological polar surface area (TPSA) is 40.2 Å². The van der Waals surface area contributed by atoms with E-state index in [0.29, 0.717) is 12.8 Å². The average molecular weight is 353 g/mol. The molecule has 2 aromatic rings. The van der Waals surface area contributed by atoms with Gasteiger partial charge in [0, 0.05) is 19.1 Å². The lowest BCUT2D eigenvalue weighted by atomic mass is 9.91. The van der Waals surface area contributed by atoms with Gasteiger partial charge in [-0.1, -0.05) is 0 Å². The maximum atomic E-state index is 5.57. The van der Waals surface area contributed by atoms with Gasteiger partial charge in [-0.25, -0.2) is 0 Å². The predicted octanol–water partition coefficient (Wildman–Crippen LogP) is 3.31. The zero-order valence-corrected chi connectivity index (χ0v) is 15.2. The summed E-state index contributed by atoms with van der Waals surface area (Å²) in [5.41, 5.74) is 5.47. The fourth-order valence-electron chi connectivity index (χ4n) is 4.45. The van der Waals surface area contributed by atoms with Gasteiger partial charge in [0.1, 0.15) is 0 Å². The van der Waals surface area contributed by atoms with Gasteiger partial charge in [-0.05, 0) is 65.8 Å². The molecule has 0 aliphatic carbocycles. The highest BCUT2D eigenvalue weighted by molar-refractivity contribution is 5.51. The van der Waals surface area contributed by atoms with Gasteiger partial charge >= 0.3 is 0 Å². The quantitative estimate of drug-likeness (QED) is 0.828. The molecule has 1 unspecified atom stereocenters. The minimum Gasteiger partial charge on any atom is -0.493 e. The molecule has 2 aromatic carbocycles. The predicted molar refractivity (Wildman–Crippen MR) is 97.2 cm³/mol. The van der Waals surface area contributed by atoms with Gasteiger partial charge < -0.3 is 18.9 Å². The molecule has 1 atom stereocenters. The van der Waals surface area contributed by atoms with Crippen LogP contribution < -0.4 is 18.9 Å². The van der Waals surface area contributed by atoms with Crippen molar-refractivity contribution >= 4 is 0 Å². The van der Waals surface area contributed by atoms with Crippen molar-refractivity contribution in [3.63, 3.8) is 0 Å². The summed E-state index contributed by atoms with van der Waals surface area (Å²) in [5, 5.41) is 0. The largest absolute Gasteiger partial charge is 0.493 e. The molecule has 0 saturated heterocycles. The summed E-state index contributed by atoms with van der Waals surface area (Å²) < 4.78 is 22.1. The molecular formula is C21H23NO4. The molecule has 0 bridgehead atoms. The molecule has 5 heteroatoms. The molecule has 0 saturated carbocycles. The number of hydrogen-bond donors (Lipinski definition) is 0. The van der Waals surface area contributed by atoms with E-state index < -0.39 is 0 Å². The fraction of sp³-hybridized carbons (Fsp3) is 0.429. The Kier molecular flexibility index (Phi) is 3.71. The van der Waals surface area contributed by atoms with Crippen molar-refractivity contribution in [1.82, 2.24) is 4.90 Å². The second-order valence-corrected chi connectivity index (χ2v) is 7.25. The van der Waals surface area contributed by atoms with E-state index in [9.17, 15) is 0 Å². The van der Waals surface area contributed by atoms with Gasteiger partial charge in [0.05, 0.1) is 14.2 Å². The number of hydrogen-bond acceptors (Lipinski definition) is 5. The summed E-state index contributed by atoms with van der Waals surface area (Å²) in [7, 11) is 3.40. The van der Waals surface area contributed by atoms with Crippen LogP contribution >= 0.6 is 0 Å². The first-order valence-electron chi connectivity index (χ1n) is 9.14. The van der Waals surface area contributed by atoms with Crippen molar-refractivity contribution in [3.05, 3.63) is 46.5 Å². The van der Waals surface area contributed by atoms with Crippen molar-refractivity contribution in [2.24, 2.45) is 0 Å². The molecule has 0 spiro atoms. The molecule has 0 radical (unpaired) electrons. The SMILES string of the molecule is COc1cc2c(cc1OC)CN1Cc3cc4c(cc3CC1CC2)OCO4. The number of aryl methyl sites for hydroxylation is 1. The van der Waals surface area contributed by atoms with Crippen LogP contribution in [0.1, 0.15) is 28.7 Å². The van der Waals surface area contributed by atoms with Crippen LogP contribution in [0.3, 0.4) is 0 Å². The van der Waals surface area contributed by atoms with Crippen LogP contribution in [0.25, 0.3) is 0 Å². The molecular weight excluding hydrogens is 330 g/mol. The Morgan fingerprint density at radius 3 is 2.15 bits per heavy atom. The smallest absolute Gasteiger partial charge is 0.231 e. The number of benzene rings is 2. The van der Waals surface area contributed by atoms with Crippen LogP contribution in [0.2, 0.25) is 0 Å². The maximum absolute atomic E-state index is 5.57. The van der Waals surface area contributed by atoms with E-state index in [2.05, 4.69) is 29.2 Å². The van der Waals surface area contributed by atoms with Crippen molar-refractivity contribution in [2.75, 3.05) is 21.0 Å². The van der Waals surface area contributed by atoms with Crippen molar-refractivity contribution in [1.29, 1.82) is 0 Å². The zero-order valence-electron chi connectivity index (χ0n) is 15.2. The molecule has 3 aliphatic heterocycles. The molecule has 5 rings (SSSR count). The van der Waals surface area contributed by atoms with E-state index >= 15 is 0 Å². The van der Waals surface area contributed by atoms with Crippen LogP contribution in [0, 0.1) is 0 Å². The minimum atomic E-state index is 0.334. The highest BCUT2D eigenvalue weighted by Crippen LogP contribution is 2.40. The van der Waals surface area contributed by atoms with Gasteiger partial charge in [0.2, 0.25) is 6.79 Å². The van der Waals surface area contributed by atoms with Crippen molar-refractivity contribution in [3.8, 4) is 23.0 Å². The van der Waals surface area contributed by atoms with Crippen LogP contribution in [0.4, 0.5) is 0 Å². The molecule has 136 valence electrons. The van der Waals surface area contributed by atoms with Crippen LogP contribution in [-0.4, -0.2) is 32.0 Å². The Hall–Kier alpha value is -2.40. The van der Waals surface area contributed by atoms with E-state index in [1.807, 2.05) is 0 Å². The minimum absolute atomic E-state index is 0.334. The van der Waals surface area contributed by atoms with Gasteiger partial charge in [0.15, 0.2) is 23.0 Å². The standard InChI is InChI=1S/C21H23NO4/c1-23-18-6-13-3-4-17-5-14-7-20-21(26-12-25-20)9-16(14)11-22(17)10-15(13)8-19(18)24-2/h6-9,17H,3-5,10-12H2,1-2H3. The number of ether oxygens (including phenoxy) is 4. The van der Waals surface area contributed by atoms with Gasteiger partial charge in [-0.3, -0.25) is 4.90 Å². The van der Waals surface area contributed by atoms with Gasteiger partial charge in [-0.15, -0.1) is 0 Å². The summed E-state index contributed by atoms with van der Waals surface area (Å²) >= 11 is 0. The number of fused-ring (bicyclic) bond motifs is 4. The third kappa shape index (κ3) is 2.50. The lowest BCUT2D eigenvalue weighted by Gasteiger charge is -2.35. The molecule has 0 aromatic heterocycles. The second-order valence-electron chi connectivity index (χ2n) is 7.25. The normalized spacial score (nSPS) is 20.6. The lowest BCUT2D eigenvalue weighted by molar-refractivity contribution is 0.160. The van der Waals surface area contributed by atoms with E-state index in [0.717, 1.165) is 55.4 Å². The number of methoxy groups -OCH3 is 2. The van der Waals surface area contributed by atoms with Crippen LogP contribution in [-0.2, 0) is 25.9 Å². The van der Waals surface area contributed by atoms with E-state index in [1.54, 1.807) is 14.2 Å². The van der Waals surface area contributed by atoms with Gasteiger partial charge in [0.25, 0.3) is 0 Å². The molecule has 3 aliphatic rings. The summed E-state index contributed by atoms with van der Waals surface area (Å²) in [5.74, 6) is 3.40. The summed E-state index contributed by atoms with van der Waals surface area (Å²) in [6.07, 6.45) is 3.28.